The molecule has 0 radical (unpaired) electrons. The first kappa shape index (κ1) is 18.3. The lowest BCUT2D eigenvalue weighted by Gasteiger charge is -2.26. The molecule has 1 aromatic rings. The minimum Gasteiger partial charge on any atom is -0.354 e. The van der Waals surface area contributed by atoms with Crippen molar-refractivity contribution < 1.29 is 14.3 Å². The largest absolute Gasteiger partial charge is 0.354 e. The number of methoxy groups -OCH3 is 2. The third kappa shape index (κ3) is 5.51. The number of carbonyl (C=O) groups is 1. The highest BCUT2D eigenvalue weighted by Gasteiger charge is 2.24. The SMILES string of the molecule is CCC(NC(=O)C(C)Sc1ccccc1Cl)C(OC)OC. The summed E-state index contributed by atoms with van der Waals surface area (Å²) in [6.07, 6.45) is 0.276. The van der Waals surface area contributed by atoms with Crippen LogP contribution in [0.15, 0.2) is 29.2 Å². The van der Waals surface area contributed by atoms with E-state index in [0.717, 1.165) is 11.3 Å². The summed E-state index contributed by atoms with van der Waals surface area (Å²) in [6.45, 7) is 3.83. The Kier molecular flexibility index (Phi) is 8.11. The Balaban J connectivity index is 2.63. The van der Waals surface area contributed by atoms with Crippen molar-refractivity contribution in [3.05, 3.63) is 29.3 Å². The molecular weight excluding hydrogens is 310 g/mol. The number of rotatable bonds is 8. The van der Waals surface area contributed by atoms with Gasteiger partial charge >= 0.3 is 0 Å². The lowest BCUT2D eigenvalue weighted by atomic mass is 10.2. The van der Waals surface area contributed by atoms with Crippen molar-refractivity contribution in [2.75, 3.05) is 14.2 Å². The van der Waals surface area contributed by atoms with Crippen molar-refractivity contribution in [2.45, 2.75) is 42.7 Å². The van der Waals surface area contributed by atoms with E-state index in [1.54, 1.807) is 14.2 Å². The smallest absolute Gasteiger partial charge is 0.233 e. The molecule has 1 N–H and O–H groups in total. The summed E-state index contributed by atoms with van der Waals surface area (Å²) >= 11 is 7.54. The second kappa shape index (κ2) is 9.30. The van der Waals surface area contributed by atoms with Crippen LogP contribution < -0.4 is 5.32 Å². The number of hydrogen-bond donors (Lipinski definition) is 1. The second-order valence-electron chi connectivity index (χ2n) is 4.55. The fraction of sp³-hybridized carbons (Fsp3) is 0.533. The molecule has 6 heteroatoms. The Morgan fingerprint density at radius 1 is 1.33 bits per heavy atom. The molecule has 0 aliphatic heterocycles. The van der Waals surface area contributed by atoms with Gasteiger partial charge in [-0.15, -0.1) is 11.8 Å². The first-order valence-corrected chi connectivity index (χ1v) is 8.06. The number of thioether (sulfide) groups is 1. The van der Waals surface area contributed by atoms with Crippen LogP contribution in [-0.2, 0) is 14.3 Å². The molecule has 0 spiro atoms. The van der Waals surface area contributed by atoms with Crippen molar-refractivity contribution in [2.24, 2.45) is 0 Å². The van der Waals surface area contributed by atoms with Crippen molar-refractivity contribution in [3.8, 4) is 0 Å². The topological polar surface area (TPSA) is 47.6 Å². The van der Waals surface area contributed by atoms with E-state index < -0.39 is 6.29 Å². The van der Waals surface area contributed by atoms with Gasteiger partial charge < -0.3 is 14.8 Å². The van der Waals surface area contributed by atoms with Gasteiger partial charge in [0.1, 0.15) is 0 Å². The van der Waals surface area contributed by atoms with Gasteiger partial charge in [-0.1, -0.05) is 30.7 Å². The first-order chi connectivity index (χ1) is 10.0. The molecule has 2 unspecified atom stereocenters. The predicted molar refractivity (Wildman–Crippen MR) is 86.8 cm³/mol. The van der Waals surface area contributed by atoms with Gasteiger partial charge in [0.05, 0.1) is 16.3 Å². The average molecular weight is 332 g/mol. The van der Waals surface area contributed by atoms with Gasteiger partial charge in [0.25, 0.3) is 0 Å². The molecule has 1 aromatic carbocycles. The molecule has 0 saturated carbocycles. The maximum atomic E-state index is 12.3. The van der Waals surface area contributed by atoms with E-state index in [4.69, 9.17) is 21.1 Å². The molecule has 0 aliphatic rings. The zero-order valence-corrected chi connectivity index (χ0v) is 14.3. The van der Waals surface area contributed by atoms with Crippen LogP contribution in [0.4, 0.5) is 0 Å². The van der Waals surface area contributed by atoms with E-state index in [0.29, 0.717) is 5.02 Å². The highest BCUT2D eigenvalue weighted by molar-refractivity contribution is 8.00. The van der Waals surface area contributed by atoms with E-state index in [-0.39, 0.29) is 17.2 Å². The fourth-order valence-electron chi connectivity index (χ4n) is 1.87. The lowest BCUT2D eigenvalue weighted by molar-refractivity contribution is -0.137. The van der Waals surface area contributed by atoms with Crippen LogP contribution in [0.5, 0.6) is 0 Å². The monoisotopic (exact) mass is 331 g/mol. The Morgan fingerprint density at radius 2 is 1.95 bits per heavy atom. The van der Waals surface area contributed by atoms with Gasteiger partial charge in [0, 0.05) is 19.1 Å². The summed E-state index contributed by atoms with van der Waals surface area (Å²) in [7, 11) is 3.12. The standard InChI is InChI=1S/C15H22ClNO3S/c1-5-12(15(19-3)20-4)17-14(18)10(2)21-13-9-7-6-8-11(13)16/h6-10,12,15H,5H2,1-4H3,(H,17,18). The van der Waals surface area contributed by atoms with E-state index >= 15 is 0 Å². The van der Waals surface area contributed by atoms with Gasteiger partial charge in [0.2, 0.25) is 5.91 Å². The quantitative estimate of drug-likeness (QED) is 0.586. The van der Waals surface area contributed by atoms with Gasteiger partial charge in [-0.2, -0.15) is 0 Å². The normalized spacial score (nSPS) is 14.0. The number of nitrogens with one attached hydrogen (secondary N) is 1. The van der Waals surface area contributed by atoms with Gasteiger partial charge in [0.15, 0.2) is 6.29 Å². The molecule has 0 heterocycles. The van der Waals surface area contributed by atoms with Crippen LogP contribution in [0.3, 0.4) is 0 Å². The van der Waals surface area contributed by atoms with Crippen molar-refractivity contribution in [3.63, 3.8) is 0 Å². The average Bonchev–Trinajstić information content (AvgIpc) is 2.49. The molecule has 2 atom stereocenters. The van der Waals surface area contributed by atoms with Crippen molar-refractivity contribution in [1.82, 2.24) is 5.32 Å². The number of hydrogen-bond acceptors (Lipinski definition) is 4. The predicted octanol–water partition coefficient (Wildman–Crippen LogP) is 3.33. The van der Waals surface area contributed by atoms with Gasteiger partial charge in [-0.3, -0.25) is 4.79 Å². The molecule has 0 saturated heterocycles. The van der Waals surface area contributed by atoms with Crippen LogP contribution in [-0.4, -0.2) is 37.7 Å². The number of ether oxygens (including phenoxy) is 2. The van der Waals surface area contributed by atoms with E-state index in [2.05, 4.69) is 5.32 Å². The van der Waals surface area contributed by atoms with Gasteiger partial charge in [-0.25, -0.2) is 0 Å². The third-order valence-electron chi connectivity index (χ3n) is 3.07. The molecule has 0 bridgehead atoms. The molecule has 0 fully saturated rings. The molecule has 0 aromatic heterocycles. The Hall–Kier alpha value is -0.750. The lowest BCUT2D eigenvalue weighted by Crippen LogP contribution is -2.47. The third-order valence-corrected chi connectivity index (χ3v) is 4.69. The van der Waals surface area contributed by atoms with Crippen molar-refractivity contribution >= 4 is 29.3 Å². The fourth-order valence-corrected chi connectivity index (χ4v) is 3.03. The summed E-state index contributed by atoms with van der Waals surface area (Å²) in [5, 5.41) is 3.35. The van der Waals surface area contributed by atoms with E-state index in [1.165, 1.54) is 11.8 Å². The molecule has 21 heavy (non-hydrogen) atoms. The zero-order valence-electron chi connectivity index (χ0n) is 12.8. The van der Waals surface area contributed by atoms with Crippen LogP contribution in [0, 0.1) is 0 Å². The molecule has 118 valence electrons. The van der Waals surface area contributed by atoms with Crippen LogP contribution in [0.25, 0.3) is 0 Å². The minimum atomic E-state index is -0.448. The summed E-state index contributed by atoms with van der Waals surface area (Å²) in [4.78, 5) is 13.2. The summed E-state index contributed by atoms with van der Waals surface area (Å²) in [5.41, 5.74) is 0. The maximum absolute atomic E-state index is 12.3. The molecule has 0 aliphatic carbocycles. The maximum Gasteiger partial charge on any atom is 0.233 e. The summed E-state index contributed by atoms with van der Waals surface area (Å²) < 4.78 is 10.4. The second-order valence-corrected chi connectivity index (χ2v) is 6.34. The number of amides is 1. The summed E-state index contributed by atoms with van der Waals surface area (Å²) in [5.74, 6) is -0.0640. The number of benzene rings is 1. The molecule has 1 rings (SSSR count). The Morgan fingerprint density at radius 3 is 2.48 bits per heavy atom. The zero-order chi connectivity index (χ0) is 15.8. The number of halogens is 1. The highest BCUT2D eigenvalue weighted by Crippen LogP contribution is 2.30. The van der Waals surface area contributed by atoms with E-state index in [9.17, 15) is 4.79 Å². The Labute approximate surface area is 135 Å². The van der Waals surface area contributed by atoms with Crippen molar-refractivity contribution in [1.29, 1.82) is 0 Å². The molecular formula is C15H22ClNO3S. The first-order valence-electron chi connectivity index (χ1n) is 6.80. The van der Waals surface area contributed by atoms with Gasteiger partial charge in [-0.05, 0) is 25.5 Å². The molecule has 1 amide bonds. The van der Waals surface area contributed by atoms with Crippen LogP contribution in [0.1, 0.15) is 20.3 Å². The Bertz CT molecular complexity index is 454. The summed E-state index contributed by atoms with van der Waals surface area (Å²) in [6, 6.07) is 7.31. The number of carbonyl (C=O) groups excluding carboxylic acids is 1. The minimum absolute atomic E-state index is 0.0640. The molecule has 4 nitrogen and oxygen atoms in total. The van der Waals surface area contributed by atoms with Crippen LogP contribution in [0.2, 0.25) is 5.02 Å². The van der Waals surface area contributed by atoms with Crippen LogP contribution >= 0.6 is 23.4 Å². The van der Waals surface area contributed by atoms with E-state index in [1.807, 2.05) is 38.1 Å². The highest BCUT2D eigenvalue weighted by atomic mass is 35.5.